The van der Waals surface area contributed by atoms with Gasteiger partial charge < -0.3 is 19.2 Å². The van der Waals surface area contributed by atoms with Gasteiger partial charge in [0.1, 0.15) is 18.2 Å². The van der Waals surface area contributed by atoms with Crippen molar-refractivity contribution in [3.63, 3.8) is 0 Å². The molecule has 1 atom stereocenters. The average Bonchev–Trinajstić information content (AvgIpc) is 3.10. The molecule has 0 radical (unpaired) electrons. The SMILES string of the molecule is OC(COCc1ccco1)CN1CCN(c2ccccn2)CC1. The van der Waals surface area contributed by atoms with E-state index in [0.717, 1.165) is 37.8 Å². The standard InChI is InChI=1S/C17H23N3O3/c21-15(13-22-14-16-4-3-11-23-16)12-19-7-9-20(10-8-19)17-5-1-2-6-18-17/h1-6,11,15,21H,7-10,12-14H2. The van der Waals surface area contributed by atoms with Gasteiger partial charge in [0, 0.05) is 38.9 Å². The van der Waals surface area contributed by atoms with Crippen LogP contribution >= 0.6 is 0 Å². The van der Waals surface area contributed by atoms with Crippen LogP contribution in [0.25, 0.3) is 0 Å². The molecule has 0 aromatic carbocycles. The first kappa shape index (κ1) is 16.0. The highest BCUT2D eigenvalue weighted by Crippen LogP contribution is 2.12. The predicted octanol–water partition coefficient (Wildman–Crippen LogP) is 1.37. The van der Waals surface area contributed by atoms with Gasteiger partial charge in [0.15, 0.2) is 0 Å². The lowest BCUT2D eigenvalue weighted by molar-refractivity contribution is 0.00440. The number of furan rings is 1. The van der Waals surface area contributed by atoms with Gasteiger partial charge in [-0.25, -0.2) is 4.98 Å². The third-order valence-electron chi connectivity index (χ3n) is 3.95. The van der Waals surface area contributed by atoms with Crippen molar-refractivity contribution in [1.29, 1.82) is 0 Å². The highest BCUT2D eigenvalue weighted by Gasteiger charge is 2.20. The van der Waals surface area contributed by atoms with E-state index in [9.17, 15) is 5.11 Å². The Bertz CT molecular complexity index is 554. The second-order valence-corrected chi connectivity index (χ2v) is 5.72. The van der Waals surface area contributed by atoms with Crippen molar-refractivity contribution in [1.82, 2.24) is 9.88 Å². The van der Waals surface area contributed by atoms with Crippen molar-refractivity contribution in [3.05, 3.63) is 48.6 Å². The summed E-state index contributed by atoms with van der Waals surface area (Å²) in [5.74, 6) is 1.80. The van der Waals surface area contributed by atoms with Crippen molar-refractivity contribution in [2.45, 2.75) is 12.7 Å². The van der Waals surface area contributed by atoms with E-state index in [2.05, 4.69) is 14.8 Å². The van der Waals surface area contributed by atoms with Crippen LogP contribution in [-0.2, 0) is 11.3 Å². The molecule has 1 fully saturated rings. The molecule has 2 aromatic rings. The zero-order valence-corrected chi connectivity index (χ0v) is 13.2. The summed E-state index contributed by atoms with van der Waals surface area (Å²) in [5.41, 5.74) is 0. The molecule has 1 aliphatic heterocycles. The lowest BCUT2D eigenvalue weighted by Gasteiger charge is -2.36. The molecule has 3 rings (SSSR count). The molecule has 124 valence electrons. The van der Waals surface area contributed by atoms with Crippen LogP contribution in [-0.4, -0.2) is 60.4 Å². The maximum atomic E-state index is 10.1. The number of aromatic nitrogens is 1. The summed E-state index contributed by atoms with van der Waals surface area (Å²) in [6.45, 7) is 5.05. The van der Waals surface area contributed by atoms with Crippen molar-refractivity contribution >= 4 is 5.82 Å². The minimum Gasteiger partial charge on any atom is -0.467 e. The number of aliphatic hydroxyl groups is 1. The molecule has 2 aromatic heterocycles. The highest BCUT2D eigenvalue weighted by atomic mass is 16.5. The monoisotopic (exact) mass is 317 g/mol. The number of nitrogens with zero attached hydrogens (tertiary/aromatic N) is 3. The van der Waals surface area contributed by atoms with E-state index in [1.165, 1.54) is 0 Å². The summed E-state index contributed by atoms with van der Waals surface area (Å²) in [5, 5.41) is 10.1. The number of rotatable bonds is 7. The lowest BCUT2D eigenvalue weighted by Crippen LogP contribution is -2.49. The summed E-state index contributed by atoms with van der Waals surface area (Å²) >= 11 is 0. The molecule has 6 nitrogen and oxygen atoms in total. The molecule has 0 aliphatic carbocycles. The van der Waals surface area contributed by atoms with Gasteiger partial charge in [-0.1, -0.05) is 6.07 Å². The summed E-state index contributed by atoms with van der Waals surface area (Å²) < 4.78 is 10.7. The fourth-order valence-corrected chi connectivity index (χ4v) is 2.74. The van der Waals surface area contributed by atoms with Gasteiger partial charge in [-0.05, 0) is 24.3 Å². The molecule has 1 saturated heterocycles. The minimum atomic E-state index is -0.480. The third kappa shape index (κ3) is 4.79. The predicted molar refractivity (Wildman–Crippen MR) is 87.3 cm³/mol. The van der Waals surface area contributed by atoms with E-state index in [0.29, 0.717) is 19.8 Å². The molecule has 1 aliphatic rings. The summed E-state index contributed by atoms with van der Waals surface area (Å²) in [6.07, 6.45) is 2.96. The molecule has 3 heterocycles. The molecule has 0 saturated carbocycles. The molecule has 0 bridgehead atoms. The Hall–Kier alpha value is -1.89. The third-order valence-corrected chi connectivity index (χ3v) is 3.95. The number of pyridine rings is 1. The van der Waals surface area contributed by atoms with Gasteiger partial charge in [-0.2, -0.15) is 0 Å². The van der Waals surface area contributed by atoms with Crippen molar-refractivity contribution in [2.75, 3.05) is 44.2 Å². The fraction of sp³-hybridized carbons (Fsp3) is 0.471. The van der Waals surface area contributed by atoms with Gasteiger partial charge >= 0.3 is 0 Å². The van der Waals surface area contributed by atoms with Crippen LogP contribution in [0.4, 0.5) is 5.82 Å². The number of ether oxygens (including phenoxy) is 1. The maximum absolute atomic E-state index is 10.1. The molecule has 0 spiro atoms. The van der Waals surface area contributed by atoms with Gasteiger partial charge in [-0.3, -0.25) is 4.90 Å². The Morgan fingerprint density at radius 3 is 2.74 bits per heavy atom. The van der Waals surface area contributed by atoms with Crippen LogP contribution in [0.1, 0.15) is 5.76 Å². The molecular weight excluding hydrogens is 294 g/mol. The van der Waals surface area contributed by atoms with Crippen LogP contribution in [0.15, 0.2) is 47.2 Å². The van der Waals surface area contributed by atoms with Crippen LogP contribution in [0.5, 0.6) is 0 Å². The largest absolute Gasteiger partial charge is 0.467 e. The Morgan fingerprint density at radius 2 is 2.04 bits per heavy atom. The van der Waals surface area contributed by atoms with Crippen molar-refractivity contribution in [2.24, 2.45) is 0 Å². The molecular formula is C17H23N3O3. The fourth-order valence-electron chi connectivity index (χ4n) is 2.74. The normalized spacial score (nSPS) is 17.3. The summed E-state index contributed by atoms with van der Waals surface area (Å²) in [7, 11) is 0. The number of anilines is 1. The Balaban J connectivity index is 1.35. The molecule has 1 N–H and O–H groups in total. The number of hydrogen-bond acceptors (Lipinski definition) is 6. The average molecular weight is 317 g/mol. The molecule has 0 amide bonds. The first-order valence-electron chi connectivity index (χ1n) is 7.98. The topological polar surface area (TPSA) is 62.0 Å². The van der Waals surface area contributed by atoms with Crippen LogP contribution < -0.4 is 4.90 Å². The van der Waals surface area contributed by atoms with Crippen LogP contribution in [0, 0.1) is 0 Å². The Kier molecular flexibility index (Phi) is 5.63. The van der Waals surface area contributed by atoms with E-state index in [-0.39, 0.29) is 0 Å². The van der Waals surface area contributed by atoms with Crippen molar-refractivity contribution < 1.29 is 14.3 Å². The Morgan fingerprint density at radius 1 is 1.17 bits per heavy atom. The Labute approximate surface area is 136 Å². The molecule has 6 heteroatoms. The number of β-amino-alcohol motifs (C(OH)–C–C–N with tert-alkyl or cyclic N) is 1. The minimum absolute atomic E-state index is 0.321. The number of aliphatic hydroxyl groups excluding tert-OH is 1. The number of hydrogen-bond donors (Lipinski definition) is 1. The molecule has 1 unspecified atom stereocenters. The second kappa shape index (κ2) is 8.10. The van der Waals surface area contributed by atoms with E-state index < -0.39 is 6.10 Å². The smallest absolute Gasteiger partial charge is 0.129 e. The lowest BCUT2D eigenvalue weighted by atomic mass is 10.2. The first-order chi connectivity index (χ1) is 11.3. The van der Waals surface area contributed by atoms with E-state index >= 15 is 0 Å². The van der Waals surface area contributed by atoms with Crippen molar-refractivity contribution in [3.8, 4) is 0 Å². The van der Waals surface area contributed by atoms with Gasteiger partial charge in [0.05, 0.1) is 19.0 Å². The summed E-state index contributed by atoms with van der Waals surface area (Å²) in [4.78, 5) is 8.92. The van der Waals surface area contributed by atoms with E-state index in [1.807, 2.05) is 36.5 Å². The molecule has 23 heavy (non-hydrogen) atoms. The first-order valence-corrected chi connectivity index (χ1v) is 7.98. The quantitative estimate of drug-likeness (QED) is 0.832. The van der Waals surface area contributed by atoms with Gasteiger partial charge in [0.2, 0.25) is 0 Å². The van der Waals surface area contributed by atoms with Crippen LogP contribution in [0.2, 0.25) is 0 Å². The van der Waals surface area contributed by atoms with Gasteiger partial charge in [-0.15, -0.1) is 0 Å². The van der Waals surface area contributed by atoms with Gasteiger partial charge in [0.25, 0.3) is 0 Å². The maximum Gasteiger partial charge on any atom is 0.129 e. The zero-order chi connectivity index (χ0) is 15.9. The number of piperazine rings is 1. The highest BCUT2D eigenvalue weighted by molar-refractivity contribution is 5.38. The second-order valence-electron chi connectivity index (χ2n) is 5.72. The van der Waals surface area contributed by atoms with E-state index in [1.54, 1.807) is 6.26 Å². The van der Waals surface area contributed by atoms with E-state index in [4.69, 9.17) is 9.15 Å². The van der Waals surface area contributed by atoms with Crippen LogP contribution in [0.3, 0.4) is 0 Å². The zero-order valence-electron chi connectivity index (χ0n) is 13.2. The summed E-state index contributed by atoms with van der Waals surface area (Å²) in [6, 6.07) is 9.67.